The van der Waals surface area contributed by atoms with E-state index in [-0.39, 0.29) is 0 Å². The molecule has 0 atom stereocenters. The zero-order valence-electron chi connectivity index (χ0n) is 8.77. The molecule has 1 amide bonds. The van der Waals surface area contributed by atoms with E-state index in [1.165, 1.54) is 0 Å². The van der Waals surface area contributed by atoms with Crippen molar-refractivity contribution >= 4 is 17.5 Å². The van der Waals surface area contributed by atoms with Gasteiger partial charge in [-0.2, -0.15) is 13.2 Å². The molecule has 90 valence electrons. The molecule has 0 aliphatic carbocycles. The molecule has 0 saturated carbocycles. The summed E-state index contributed by atoms with van der Waals surface area (Å²) in [5.41, 5.74) is 0. The van der Waals surface area contributed by atoms with Crippen LogP contribution in [0.1, 0.15) is 26.7 Å². The average Bonchev–Trinajstić information content (AvgIpc) is 2.15. The molecule has 0 aliphatic heterocycles. The first kappa shape index (κ1) is 14.6. The molecule has 0 saturated heterocycles. The highest BCUT2D eigenvalue weighted by atomic mass is 35.5. The van der Waals surface area contributed by atoms with E-state index in [0.717, 1.165) is 4.90 Å². The molecular weight excluding hydrogens is 231 g/mol. The number of carbonyl (C=O) groups excluding carboxylic acids is 1. The van der Waals surface area contributed by atoms with Crippen LogP contribution >= 0.6 is 11.6 Å². The SMILES string of the molecule is CCC(CC)N(CC(F)(F)F)C(=O)CCl. The molecule has 0 fully saturated rings. The van der Waals surface area contributed by atoms with Gasteiger partial charge in [0.15, 0.2) is 0 Å². The van der Waals surface area contributed by atoms with Crippen LogP contribution in [0.25, 0.3) is 0 Å². The Bertz CT molecular complexity index is 204. The molecule has 0 rings (SSSR count). The number of hydrogen-bond acceptors (Lipinski definition) is 1. The fourth-order valence-corrected chi connectivity index (χ4v) is 1.57. The maximum atomic E-state index is 12.2. The monoisotopic (exact) mass is 245 g/mol. The Hall–Kier alpha value is -0.450. The Balaban J connectivity index is 4.64. The normalized spacial score (nSPS) is 11.9. The molecule has 0 radical (unpaired) electrons. The first-order valence-electron chi connectivity index (χ1n) is 4.77. The Morgan fingerprint density at radius 1 is 1.33 bits per heavy atom. The van der Waals surface area contributed by atoms with E-state index >= 15 is 0 Å². The molecule has 0 bridgehead atoms. The van der Waals surface area contributed by atoms with Crippen LogP contribution in [0.5, 0.6) is 0 Å². The summed E-state index contributed by atoms with van der Waals surface area (Å²) in [6.07, 6.45) is -3.38. The van der Waals surface area contributed by atoms with E-state index in [4.69, 9.17) is 11.6 Å². The molecule has 6 heteroatoms. The third kappa shape index (κ3) is 5.25. The van der Waals surface area contributed by atoms with Crippen molar-refractivity contribution in [3.05, 3.63) is 0 Å². The summed E-state index contributed by atoms with van der Waals surface area (Å²) in [4.78, 5) is 12.1. The minimum atomic E-state index is -4.37. The van der Waals surface area contributed by atoms with Gasteiger partial charge in [-0.1, -0.05) is 13.8 Å². The van der Waals surface area contributed by atoms with E-state index in [2.05, 4.69) is 0 Å². The van der Waals surface area contributed by atoms with Crippen molar-refractivity contribution in [3.8, 4) is 0 Å². The van der Waals surface area contributed by atoms with Crippen LogP contribution in [0, 0.1) is 0 Å². The van der Waals surface area contributed by atoms with Crippen molar-refractivity contribution in [1.29, 1.82) is 0 Å². The van der Waals surface area contributed by atoms with Gasteiger partial charge in [0.05, 0.1) is 0 Å². The number of halogens is 4. The Morgan fingerprint density at radius 2 is 1.80 bits per heavy atom. The third-order valence-corrected chi connectivity index (χ3v) is 2.40. The molecule has 2 nitrogen and oxygen atoms in total. The summed E-state index contributed by atoms with van der Waals surface area (Å²) in [6.45, 7) is 2.28. The molecule has 0 heterocycles. The average molecular weight is 246 g/mol. The van der Waals surface area contributed by atoms with Gasteiger partial charge in [0.2, 0.25) is 5.91 Å². The van der Waals surface area contributed by atoms with Crippen LogP contribution in [0.3, 0.4) is 0 Å². The highest BCUT2D eigenvalue weighted by molar-refractivity contribution is 6.27. The zero-order valence-corrected chi connectivity index (χ0v) is 9.53. The molecule has 0 spiro atoms. The Kier molecular flexibility index (Phi) is 6.02. The summed E-state index contributed by atoms with van der Waals surface area (Å²) in [5, 5.41) is 0. The predicted octanol–water partition coefficient (Wildman–Crippen LogP) is 2.80. The van der Waals surface area contributed by atoms with Gasteiger partial charge in [-0.15, -0.1) is 11.6 Å². The summed E-state index contributed by atoms with van der Waals surface area (Å²) < 4.78 is 36.6. The molecule has 0 aliphatic rings. The first-order valence-corrected chi connectivity index (χ1v) is 5.31. The van der Waals surface area contributed by atoms with Crippen LogP contribution in [-0.4, -0.2) is 35.4 Å². The van der Waals surface area contributed by atoms with Crippen molar-refractivity contribution in [1.82, 2.24) is 4.90 Å². The van der Waals surface area contributed by atoms with Crippen molar-refractivity contribution < 1.29 is 18.0 Å². The maximum absolute atomic E-state index is 12.2. The summed E-state index contributed by atoms with van der Waals surface area (Å²) >= 11 is 5.28. The predicted molar refractivity (Wildman–Crippen MR) is 52.9 cm³/mol. The standard InChI is InChI=1S/C9H15ClF3NO/c1-3-7(4-2)14(8(15)5-10)6-9(11,12)13/h7H,3-6H2,1-2H3. The van der Waals surface area contributed by atoms with Crippen molar-refractivity contribution in [2.45, 2.75) is 38.9 Å². The minimum absolute atomic E-state index is 0.391. The van der Waals surface area contributed by atoms with Gasteiger partial charge in [0, 0.05) is 6.04 Å². The molecule has 15 heavy (non-hydrogen) atoms. The van der Waals surface area contributed by atoms with Gasteiger partial charge in [0.25, 0.3) is 0 Å². The lowest BCUT2D eigenvalue weighted by Crippen LogP contribution is -2.45. The van der Waals surface area contributed by atoms with Gasteiger partial charge in [0.1, 0.15) is 12.4 Å². The highest BCUT2D eigenvalue weighted by Gasteiger charge is 2.35. The number of hydrogen-bond donors (Lipinski definition) is 0. The molecule has 0 aromatic heterocycles. The quantitative estimate of drug-likeness (QED) is 0.682. The fourth-order valence-electron chi connectivity index (χ4n) is 1.42. The van der Waals surface area contributed by atoms with Gasteiger partial charge >= 0.3 is 6.18 Å². The number of nitrogens with zero attached hydrogens (tertiary/aromatic N) is 1. The second-order valence-electron chi connectivity index (χ2n) is 3.24. The lowest BCUT2D eigenvalue weighted by molar-refractivity contribution is -0.164. The van der Waals surface area contributed by atoms with Crippen molar-refractivity contribution in [2.24, 2.45) is 0 Å². The van der Waals surface area contributed by atoms with Crippen LogP contribution in [0.15, 0.2) is 0 Å². The van der Waals surface area contributed by atoms with E-state index < -0.39 is 30.6 Å². The molecule has 0 unspecified atom stereocenters. The van der Waals surface area contributed by atoms with E-state index in [1.807, 2.05) is 0 Å². The zero-order chi connectivity index (χ0) is 12.1. The summed E-state index contributed by atoms with van der Waals surface area (Å²) in [5.74, 6) is -1.07. The topological polar surface area (TPSA) is 20.3 Å². The molecule has 0 aromatic rings. The van der Waals surface area contributed by atoms with E-state index in [0.29, 0.717) is 12.8 Å². The highest BCUT2D eigenvalue weighted by Crippen LogP contribution is 2.20. The van der Waals surface area contributed by atoms with E-state index in [9.17, 15) is 18.0 Å². The minimum Gasteiger partial charge on any atom is -0.330 e. The van der Waals surface area contributed by atoms with Crippen LogP contribution in [-0.2, 0) is 4.79 Å². The van der Waals surface area contributed by atoms with Gasteiger partial charge in [-0.05, 0) is 12.8 Å². The van der Waals surface area contributed by atoms with Crippen LogP contribution < -0.4 is 0 Å². The van der Waals surface area contributed by atoms with Gasteiger partial charge in [-0.3, -0.25) is 4.79 Å². The number of carbonyl (C=O) groups is 1. The van der Waals surface area contributed by atoms with Crippen molar-refractivity contribution in [2.75, 3.05) is 12.4 Å². The lowest BCUT2D eigenvalue weighted by Gasteiger charge is -2.30. The molecular formula is C9H15ClF3NO. The second kappa shape index (κ2) is 6.20. The summed E-state index contributed by atoms with van der Waals surface area (Å²) in [7, 11) is 0. The first-order chi connectivity index (χ1) is 6.85. The Morgan fingerprint density at radius 3 is 2.07 bits per heavy atom. The number of alkyl halides is 4. The van der Waals surface area contributed by atoms with Crippen LogP contribution in [0.2, 0.25) is 0 Å². The lowest BCUT2D eigenvalue weighted by atomic mass is 10.1. The second-order valence-corrected chi connectivity index (χ2v) is 3.51. The number of amides is 1. The Labute approximate surface area is 92.4 Å². The van der Waals surface area contributed by atoms with Crippen LogP contribution in [0.4, 0.5) is 13.2 Å². The molecule has 0 N–H and O–H groups in total. The number of rotatable bonds is 5. The smallest absolute Gasteiger partial charge is 0.330 e. The maximum Gasteiger partial charge on any atom is 0.406 e. The molecule has 0 aromatic carbocycles. The third-order valence-electron chi connectivity index (χ3n) is 2.17. The van der Waals surface area contributed by atoms with Crippen molar-refractivity contribution in [3.63, 3.8) is 0 Å². The fraction of sp³-hybridized carbons (Fsp3) is 0.889. The largest absolute Gasteiger partial charge is 0.406 e. The van der Waals surface area contributed by atoms with E-state index in [1.54, 1.807) is 13.8 Å². The summed E-state index contributed by atoms with van der Waals surface area (Å²) in [6, 6.07) is -0.391. The van der Waals surface area contributed by atoms with Gasteiger partial charge in [-0.25, -0.2) is 0 Å². The van der Waals surface area contributed by atoms with Gasteiger partial charge < -0.3 is 4.90 Å².